The molecule has 0 radical (unpaired) electrons. The maximum Gasteiger partial charge on any atom is 0.339 e. The molecule has 0 amide bonds. The molecule has 0 spiro atoms. The fourth-order valence-electron chi connectivity index (χ4n) is 2.91. The molecule has 2 aromatic rings. The Morgan fingerprint density at radius 1 is 1.43 bits per heavy atom. The van der Waals surface area contributed by atoms with Gasteiger partial charge in [-0.2, -0.15) is 5.10 Å². The summed E-state index contributed by atoms with van der Waals surface area (Å²) in [5.41, 5.74) is 0.423. The van der Waals surface area contributed by atoms with E-state index in [9.17, 15) is 15.0 Å². The Balaban J connectivity index is 1.98. The van der Waals surface area contributed by atoms with Crippen LogP contribution in [0.4, 0.5) is 5.69 Å². The number of aromatic carboxylic acids is 1. The van der Waals surface area contributed by atoms with E-state index < -0.39 is 11.6 Å². The first-order valence-electron chi connectivity index (χ1n) is 7.00. The Morgan fingerprint density at radius 3 is 2.81 bits per heavy atom. The third-order valence-electron chi connectivity index (χ3n) is 4.12. The summed E-state index contributed by atoms with van der Waals surface area (Å²) in [6, 6.07) is 0. The van der Waals surface area contributed by atoms with Crippen molar-refractivity contribution in [2.24, 2.45) is 7.05 Å². The molecule has 7 nitrogen and oxygen atoms in total. The first kappa shape index (κ1) is 13.8. The van der Waals surface area contributed by atoms with E-state index in [1.54, 1.807) is 17.9 Å². The third-order valence-corrected chi connectivity index (χ3v) is 4.12. The molecule has 21 heavy (non-hydrogen) atoms. The van der Waals surface area contributed by atoms with Gasteiger partial charge in [0, 0.05) is 19.8 Å². The van der Waals surface area contributed by atoms with Crippen LogP contribution in [0, 0.1) is 0 Å². The van der Waals surface area contributed by atoms with Crippen LogP contribution in [0.25, 0.3) is 11.0 Å². The highest BCUT2D eigenvalue weighted by Crippen LogP contribution is 2.31. The van der Waals surface area contributed by atoms with Gasteiger partial charge in [0.15, 0.2) is 5.65 Å². The molecule has 112 valence electrons. The Morgan fingerprint density at radius 2 is 2.14 bits per heavy atom. The standard InChI is InChI=1S/C14H18N4O3/c1-18-12-9(7-17-18)11(10(6-15-12)13(19)20)16-8-14(21)4-2-3-5-14/h6-7,21H,2-5,8H2,1H3,(H,15,16)(H,19,20). The van der Waals surface area contributed by atoms with Crippen molar-refractivity contribution in [2.75, 3.05) is 11.9 Å². The Kier molecular flexibility index (Phi) is 3.29. The lowest BCUT2D eigenvalue weighted by Gasteiger charge is -2.23. The number of carboxylic acids is 1. The highest BCUT2D eigenvalue weighted by Gasteiger charge is 2.31. The number of fused-ring (bicyclic) bond motifs is 1. The second kappa shape index (κ2) is 5.00. The van der Waals surface area contributed by atoms with Gasteiger partial charge < -0.3 is 15.5 Å². The lowest BCUT2D eigenvalue weighted by molar-refractivity contribution is 0.0610. The summed E-state index contributed by atoms with van der Waals surface area (Å²) >= 11 is 0. The summed E-state index contributed by atoms with van der Waals surface area (Å²) in [7, 11) is 1.75. The molecule has 1 fully saturated rings. The van der Waals surface area contributed by atoms with Crippen molar-refractivity contribution in [1.29, 1.82) is 0 Å². The first-order chi connectivity index (χ1) is 10.0. The number of carbonyl (C=O) groups is 1. The number of pyridine rings is 1. The highest BCUT2D eigenvalue weighted by molar-refractivity contribution is 6.03. The van der Waals surface area contributed by atoms with Crippen LogP contribution in [0.5, 0.6) is 0 Å². The van der Waals surface area contributed by atoms with Crippen LogP contribution >= 0.6 is 0 Å². The van der Waals surface area contributed by atoms with E-state index in [-0.39, 0.29) is 5.56 Å². The fraction of sp³-hybridized carbons (Fsp3) is 0.500. The fourth-order valence-corrected chi connectivity index (χ4v) is 2.91. The first-order valence-corrected chi connectivity index (χ1v) is 7.00. The molecule has 2 heterocycles. The molecule has 0 bridgehead atoms. The van der Waals surface area contributed by atoms with Gasteiger partial charge in [-0.25, -0.2) is 9.78 Å². The van der Waals surface area contributed by atoms with Gasteiger partial charge in [-0.3, -0.25) is 4.68 Å². The predicted octanol–water partition coefficient (Wildman–Crippen LogP) is 1.38. The number of hydrogen-bond donors (Lipinski definition) is 3. The average molecular weight is 290 g/mol. The van der Waals surface area contributed by atoms with Crippen molar-refractivity contribution in [2.45, 2.75) is 31.3 Å². The SMILES string of the molecule is Cn1ncc2c(NCC3(O)CCCC3)c(C(=O)O)cnc21. The van der Waals surface area contributed by atoms with E-state index in [4.69, 9.17) is 0 Å². The lowest BCUT2D eigenvalue weighted by Crippen LogP contribution is -2.33. The number of carboxylic acid groups (broad SMARTS) is 1. The van der Waals surface area contributed by atoms with Crippen LogP contribution in [0.1, 0.15) is 36.0 Å². The molecule has 3 N–H and O–H groups in total. The van der Waals surface area contributed by atoms with Gasteiger partial charge in [-0.15, -0.1) is 0 Å². The van der Waals surface area contributed by atoms with Crippen molar-refractivity contribution >= 4 is 22.7 Å². The molecule has 7 heteroatoms. The van der Waals surface area contributed by atoms with E-state index in [1.807, 2.05) is 0 Å². The van der Waals surface area contributed by atoms with E-state index in [0.29, 0.717) is 23.3 Å². The van der Waals surface area contributed by atoms with Gasteiger partial charge in [-0.05, 0) is 12.8 Å². The molecule has 1 saturated carbocycles. The summed E-state index contributed by atoms with van der Waals surface area (Å²) in [5, 5.41) is 27.6. The van der Waals surface area contributed by atoms with Crippen molar-refractivity contribution in [3.63, 3.8) is 0 Å². The van der Waals surface area contributed by atoms with Crippen molar-refractivity contribution in [1.82, 2.24) is 14.8 Å². The normalized spacial score (nSPS) is 17.2. The quantitative estimate of drug-likeness (QED) is 0.786. The Labute approximate surface area is 121 Å². The van der Waals surface area contributed by atoms with Gasteiger partial charge >= 0.3 is 5.97 Å². The van der Waals surface area contributed by atoms with Crippen LogP contribution in [0.2, 0.25) is 0 Å². The maximum atomic E-state index is 11.4. The molecule has 1 aliphatic rings. The molecule has 3 rings (SSSR count). The van der Waals surface area contributed by atoms with Crippen molar-refractivity contribution in [3.8, 4) is 0 Å². The molecular weight excluding hydrogens is 272 g/mol. The molecule has 0 unspecified atom stereocenters. The second-order valence-corrected chi connectivity index (χ2v) is 5.64. The predicted molar refractivity (Wildman–Crippen MR) is 77.4 cm³/mol. The Hall–Kier alpha value is -2.15. The Bertz CT molecular complexity index is 689. The number of nitrogens with one attached hydrogen (secondary N) is 1. The van der Waals surface area contributed by atoms with Gasteiger partial charge in [0.05, 0.1) is 22.9 Å². The van der Waals surface area contributed by atoms with Crippen LogP contribution in [0.15, 0.2) is 12.4 Å². The van der Waals surface area contributed by atoms with Crippen LogP contribution in [0.3, 0.4) is 0 Å². The van der Waals surface area contributed by atoms with Crippen molar-refractivity contribution < 1.29 is 15.0 Å². The molecule has 0 saturated heterocycles. The summed E-state index contributed by atoms with van der Waals surface area (Å²) < 4.78 is 1.59. The number of anilines is 1. The van der Waals surface area contributed by atoms with E-state index in [1.165, 1.54) is 6.20 Å². The van der Waals surface area contributed by atoms with Gasteiger partial charge in [0.1, 0.15) is 5.56 Å². The van der Waals surface area contributed by atoms with E-state index >= 15 is 0 Å². The summed E-state index contributed by atoms with van der Waals surface area (Å²) in [6.07, 6.45) is 6.40. The van der Waals surface area contributed by atoms with Crippen LogP contribution in [-0.4, -0.2) is 43.1 Å². The van der Waals surface area contributed by atoms with Gasteiger partial charge in [0.25, 0.3) is 0 Å². The van der Waals surface area contributed by atoms with E-state index in [0.717, 1.165) is 25.7 Å². The zero-order valence-corrected chi connectivity index (χ0v) is 11.8. The zero-order chi connectivity index (χ0) is 15.0. The lowest BCUT2D eigenvalue weighted by atomic mass is 10.0. The number of hydrogen-bond acceptors (Lipinski definition) is 5. The van der Waals surface area contributed by atoms with Crippen LogP contribution < -0.4 is 5.32 Å². The minimum absolute atomic E-state index is 0.0945. The number of nitrogens with zero attached hydrogens (tertiary/aromatic N) is 3. The zero-order valence-electron chi connectivity index (χ0n) is 11.8. The molecule has 2 aromatic heterocycles. The number of aromatic nitrogens is 3. The molecule has 1 aliphatic carbocycles. The number of rotatable bonds is 4. The minimum Gasteiger partial charge on any atom is -0.478 e. The van der Waals surface area contributed by atoms with E-state index in [2.05, 4.69) is 15.4 Å². The molecule has 0 aliphatic heterocycles. The number of aliphatic hydroxyl groups is 1. The third kappa shape index (κ3) is 2.44. The summed E-state index contributed by atoms with van der Waals surface area (Å²) in [6.45, 7) is 0.335. The van der Waals surface area contributed by atoms with Gasteiger partial charge in [0.2, 0.25) is 0 Å². The average Bonchev–Trinajstić information content (AvgIpc) is 3.04. The van der Waals surface area contributed by atoms with Gasteiger partial charge in [-0.1, -0.05) is 12.8 Å². The largest absolute Gasteiger partial charge is 0.478 e. The summed E-state index contributed by atoms with van der Waals surface area (Å²) in [5.74, 6) is -1.05. The monoisotopic (exact) mass is 290 g/mol. The topological polar surface area (TPSA) is 100 Å². The molecule has 0 aromatic carbocycles. The smallest absolute Gasteiger partial charge is 0.339 e. The number of aryl methyl sites for hydroxylation is 1. The highest BCUT2D eigenvalue weighted by atomic mass is 16.4. The second-order valence-electron chi connectivity index (χ2n) is 5.64. The summed E-state index contributed by atoms with van der Waals surface area (Å²) in [4.78, 5) is 15.5. The molecular formula is C14H18N4O3. The van der Waals surface area contributed by atoms with Crippen LogP contribution in [-0.2, 0) is 7.05 Å². The maximum absolute atomic E-state index is 11.4. The minimum atomic E-state index is -1.05. The molecule has 0 atom stereocenters. The van der Waals surface area contributed by atoms with Crippen molar-refractivity contribution in [3.05, 3.63) is 18.0 Å².